The number of nitrogens with zero attached hydrogens (tertiary/aromatic N) is 3. The zero-order valence-electron chi connectivity index (χ0n) is 4.40. The molecule has 0 radical (unpaired) electrons. The highest BCUT2D eigenvalue weighted by Crippen LogP contribution is 2.05. The smallest absolute Gasteiger partial charge is 0.122 e. The van der Waals surface area contributed by atoms with Crippen LogP contribution < -0.4 is 0 Å². The largest absolute Gasteiger partial charge is 0.139 e. The maximum atomic E-state index is 3.70. The van der Waals surface area contributed by atoms with Crippen LogP contribution in [0.25, 0.3) is 0 Å². The molecule has 42 valence electrons. The number of rotatable bonds is 1. The molecule has 0 amide bonds. The molecular formula is C4H5N3S. The second-order valence-corrected chi connectivity index (χ2v) is 1.99. The van der Waals surface area contributed by atoms with Crippen molar-refractivity contribution in [2.24, 2.45) is 0 Å². The molecule has 0 aliphatic heterocycles. The van der Waals surface area contributed by atoms with Crippen LogP contribution in [0.15, 0.2) is 17.3 Å². The van der Waals surface area contributed by atoms with Crippen LogP contribution in [-0.4, -0.2) is 21.7 Å². The zero-order chi connectivity index (χ0) is 5.82. The predicted molar refractivity (Wildman–Crippen MR) is 31.6 cm³/mol. The molecule has 0 aromatic carbocycles. The molecule has 0 saturated heterocycles. The SMILES string of the molecule is CSc1ccnnn1. The Balaban J connectivity index is 2.83. The zero-order valence-corrected chi connectivity index (χ0v) is 5.22. The molecule has 0 spiro atoms. The van der Waals surface area contributed by atoms with Gasteiger partial charge in [-0.1, -0.05) is 0 Å². The van der Waals surface area contributed by atoms with Crippen LogP contribution in [0.2, 0.25) is 0 Å². The number of aromatic nitrogens is 3. The van der Waals surface area contributed by atoms with E-state index < -0.39 is 0 Å². The van der Waals surface area contributed by atoms with Crippen molar-refractivity contribution in [2.75, 3.05) is 6.26 Å². The molecule has 3 nitrogen and oxygen atoms in total. The fourth-order valence-electron chi connectivity index (χ4n) is 0.339. The van der Waals surface area contributed by atoms with Gasteiger partial charge >= 0.3 is 0 Å². The minimum Gasteiger partial charge on any atom is -0.139 e. The van der Waals surface area contributed by atoms with Crippen LogP contribution in [0.5, 0.6) is 0 Å². The van der Waals surface area contributed by atoms with Crippen molar-refractivity contribution in [3.63, 3.8) is 0 Å². The molecule has 0 saturated carbocycles. The Labute approximate surface area is 51.5 Å². The highest BCUT2D eigenvalue weighted by molar-refractivity contribution is 7.98. The Morgan fingerprint density at radius 2 is 2.50 bits per heavy atom. The Morgan fingerprint density at radius 3 is 2.88 bits per heavy atom. The van der Waals surface area contributed by atoms with Crippen molar-refractivity contribution in [1.82, 2.24) is 15.4 Å². The lowest BCUT2D eigenvalue weighted by molar-refractivity contribution is 0.805. The first kappa shape index (κ1) is 5.50. The van der Waals surface area contributed by atoms with Gasteiger partial charge in [0.05, 0.1) is 6.20 Å². The first-order valence-corrected chi connectivity index (χ1v) is 3.34. The summed E-state index contributed by atoms with van der Waals surface area (Å²) in [5.74, 6) is 0. The highest BCUT2D eigenvalue weighted by atomic mass is 32.2. The molecule has 4 heteroatoms. The van der Waals surface area contributed by atoms with Crippen LogP contribution in [0.4, 0.5) is 0 Å². The van der Waals surface area contributed by atoms with Gasteiger partial charge in [0.1, 0.15) is 5.03 Å². The summed E-state index contributed by atoms with van der Waals surface area (Å²) in [4.78, 5) is 0. The first-order chi connectivity index (χ1) is 3.93. The number of hydrogen-bond donors (Lipinski definition) is 0. The summed E-state index contributed by atoms with van der Waals surface area (Å²) < 4.78 is 0. The lowest BCUT2D eigenvalue weighted by atomic mass is 10.7. The Kier molecular flexibility index (Phi) is 1.80. The average molecular weight is 127 g/mol. The standard InChI is InChI=1S/C4H5N3S/c1-8-4-2-3-5-7-6-4/h2-3H,1H3. The maximum Gasteiger partial charge on any atom is 0.122 e. The highest BCUT2D eigenvalue weighted by Gasteiger charge is 1.84. The normalized spacial score (nSPS) is 9.12. The second-order valence-electron chi connectivity index (χ2n) is 1.16. The monoisotopic (exact) mass is 127 g/mol. The van der Waals surface area contributed by atoms with E-state index in [9.17, 15) is 0 Å². The van der Waals surface area contributed by atoms with Gasteiger partial charge in [-0.3, -0.25) is 0 Å². The Hall–Kier alpha value is -0.640. The molecule has 0 aliphatic rings. The third-order valence-corrected chi connectivity index (χ3v) is 1.32. The van der Waals surface area contributed by atoms with E-state index >= 15 is 0 Å². The summed E-state index contributed by atoms with van der Waals surface area (Å²) >= 11 is 1.56. The van der Waals surface area contributed by atoms with Gasteiger partial charge in [0.25, 0.3) is 0 Å². The quantitative estimate of drug-likeness (QED) is 0.518. The first-order valence-electron chi connectivity index (χ1n) is 2.12. The van der Waals surface area contributed by atoms with E-state index in [1.54, 1.807) is 18.0 Å². The second kappa shape index (κ2) is 2.61. The van der Waals surface area contributed by atoms with Crippen LogP contribution in [-0.2, 0) is 0 Å². The summed E-state index contributed by atoms with van der Waals surface area (Å²) in [7, 11) is 0. The maximum absolute atomic E-state index is 3.70. The summed E-state index contributed by atoms with van der Waals surface area (Å²) in [5.41, 5.74) is 0. The van der Waals surface area contributed by atoms with E-state index in [2.05, 4.69) is 15.4 Å². The van der Waals surface area contributed by atoms with Gasteiger partial charge in [-0.05, 0) is 17.5 Å². The fraction of sp³-hybridized carbons (Fsp3) is 0.250. The van der Waals surface area contributed by atoms with Crippen molar-refractivity contribution in [3.8, 4) is 0 Å². The van der Waals surface area contributed by atoms with Gasteiger partial charge < -0.3 is 0 Å². The van der Waals surface area contributed by atoms with Crippen molar-refractivity contribution in [1.29, 1.82) is 0 Å². The molecule has 1 rings (SSSR count). The van der Waals surface area contributed by atoms with E-state index in [0.29, 0.717) is 0 Å². The molecule has 0 N–H and O–H groups in total. The topological polar surface area (TPSA) is 38.7 Å². The third kappa shape index (κ3) is 1.16. The van der Waals surface area contributed by atoms with Crippen molar-refractivity contribution >= 4 is 11.8 Å². The van der Waals surface area contributed by atoms with Crippen molar-refractivity contribution in [2.45, 2.75) is 5.03 Å². The minimum absolute atomic E-state index is 0.903. The molecule has 1 heterocycles. The predicted octanol–water partition coefficient (Wildman–Crippen LogP) is 0.594. The van der Waals surface area contributed by atoms with E-state index in [-0.39, 0.29) is 0 Å². The molecule has 0 bridgehead atoms. The minimum atomic E-state index is 0.903. The molecule has 0 unspecified atom stereocenters. The van der Waals surface area contributed by atoms with E-state index in [4.69, 9.17) is 0 Å². The van der Waals surface area contributed by atoms with E-state index in [0.717, 1.165) is 5.03 Å². The van der Waals surface area contributed by atoms with Crippen LogP contribution in [0.1, 0.15) is 0 Å². The number of thioether (sulfide) groups is 1. The summed E-state index contributed by atoms with van der Waals surface area (Å²) in [5, 5.41) is 11.6. The van der Waals surface area contributed by atoms with Gasteiger partial charge in [-0.2, -0.15) is 0 Å². The van der Waals surface area contributed by atoms with Crippen LogP contribution in [0.3, 0.4) is 0 Å². The van der Waals surface area contributed by atoms with Gasteiger partial charge in [-0.25, -0.2) is 0 Å². The van der Waals surface area contributed by atoms with Gasteiger partial charge in [0.2, 0.25) is 0 Å². The van der Waals surface area contributed by atoms with Gasteiger partial charge in [0.15, 0.2) is 0 Å². The van der Waals surface area contributed by atoms with E-state index in [1.807, 2.05) is 12.3 Å². The Morgan fingerprint density at radius 1 is 1.62 bits per heavy atom. The average Bonchev–Trinajstić information content (AvgIpc) is 1.90. The van der Waals surface area contributed by atoms with Crippen LogP contribution >= 0.6 is 11.8 Å². The molecule has 1 aromatic heterocycles. The summed E-state index contributed by atoms with van der Waals surface area (Å²) in [6.45, 7) is 0. The van der Waals surface area contributed by atoms with Crippen molar-refractivity contribution in [3.05, 3.63) is 12.3 Å². The van der Waals surface area contributed by atoms with Crippen molar-refractivity contribution < 1.29 is 0 Å². The number of hydrogen-bond acceptors (Lipinski definition) is 4. The van der Waals surface area contributed by atoms with Gasteiger partial charge in [-0.15, -0.1) is 22.0 Å². The lowest BCUT2D eigenvalue weighted by Crippen LogP contribution is -1.84. The molecule has 0 atom stereocenters. The molecule has 1 aromatic rings. The molecule has 8 heavy (non-hydrogen) atoms. The summed E-state index contributed by atoms with van der Waals surface area (Å²) in [6, 6.07) is 1.82. The summed E-state index contributed by atoms with van der Waals surface area (Å²) in [6.07, 6.45) is 3.57. The van der Waals surface area contributed by atoms with E-state index in [1.165, 1.54) is 0 Å². The Bertz CT molecular complexity index is 153. The van der Waals surface area contributed by atoms with Crippen LogP contribution in [0, 0.1) is 0 Å². The molecule has 0 fully saturated rings. The van der Waals surface area contributed by atoms with Gasteiger partial charge in [0, 0.05) is 0 Å². The lowest BCUT2D eigenvalue weighted by Gasteiger charge is -1.85. The fourth-order valence-corrected chi connectivity index (χ4v) is 0.654. The molecule has 0 aliphatic carbocycles. The molecular weight excluding hydrogens is 122 g/mol. The third-order valence-electron chi connectivity index (χ3n) is 0.688.